The summed E-state index contributed by atoms with van der Waals surface area (Å²) in [5.74, 6) is 2.90. The van der Waals surface area contributed by atoms with E-state index in [9.17, 15) is 0 Å². The maximum Gasteiger partial charge on any atom is 0.232 e. The first-order valence-corrected chi connectivity index (χ1v) is 7.18. The molecule has 0 saturated heterocycles. The molecule has 1 N–H and O–H groups in total. The van der Waals surface area contributed by atoms with E-state index in [0.717, 1.165) is 17.1 Å². The highest BCUT2D eigenvalue weighted by Crippen LogP contribution is 2.32. The van der Waals surface area contributed by atoms with Crippen LogP contribution in [0.2, 0.25) is 0 Å². The molecule has 1 aliphatic heterocycles. The molecule has 3 rings (SSSR count). The summed E-state index contributed by atoms with van der Waals surface area (Å²) in [7, 11) is 0. The zero-order valence-electron chi connectivity index (χ0n) is 12.5. The molecule has 0 spiro atoms. The van der Waals surface area contributed by atoms with Gasteiger partial charge in [0.15, 0.2) is 17.4 Å². The average Bonchev–Trinajstić information content (AvgIpc) is 3.09. The number of ether oxygens (including phenoxy) is 2. The molecular weight excluding hydrogens is 282 g/mol. The Bertz CT molecular complexity index is 716. The molecule has 0 radical (unpaired) electrons. The lowest BCUT2D eigenvalue weighted by Crippen LogP contribution is -1.99. The topological polar surface area (TPSA) is 80.3 Å². The highest BCUT2D eigenvalue weighted by Gasteiger charge is 2.16. The first-order chi connectivity index (χ1) is 10.7. The molecule has 1 aromatic carbocycles. The van der Waals surface area contributed by atoms with Crippen molar-refractivity contribution in [2.24, 2.45) is 5.92 Å². The van der Waals surface area contributed by atoms with Crippen LogP contribution in [-0.2, 0) is 13.0 Å². The number of oxazole rings is 1. The molecule has 2 aromatic rings. The van der Waals surface area contributed by atoms with Gasteiger partial charge in [-0.15, -0.1) is 0 Å². The Hall–Kier alpha value is -2.68. The summed E-state index contributed by atoms with van der Waals surface area (Å²) in [4.78, 5) is 4.20. The van der Waals surface area contributed by atoms with E-state index in [4.69, 9.17) is 19.2 Å². The molecule has 0 bridgehead atoms. The van der Waals surface area contributed by atoms with Crippen molar-refractivity contribution >= 4 is 5.88 Å². The van der Waals surface area contributed by atoms with Gasteiger partial charge in [0, 0.05) is 13.0 Å². The predicted octanol–water partition coefficient (Wildman–Crippen LogP) is 3.09. The van der Waals surface area contributed by atoms with Crippen LogP contribution in [-0.4, -0.2) is 11.8 Å². The molecule has 0 atom stereocenters. The van der Waals surface area contributed by atoms with Gasteiger partial charge in [-0.2, -0.15) is 5.26 Å². The van der Waals surface area contributed by atoms with Gasteiger partial charge in [0.25, 0.3) is 0 Å². The molecule has 0 unspecified atom stereocenters. The van der Waals surface area contributed by atoms with E-state index < -0.39 is 0 Å². The standard InChI is InChI=1S/C16H17N3O3/c1-10(2)5-15-19-12(7-17)16(22-15)18-8-11-3-4-13-14(6-11)21-9-20-13/h3-4,6,10,18H,5,8-9H2,1-2H3. The van der Waals surface area contributed by atoms with Gasteiger partial charge in [0.2, 0.25) is 18.4 Å². The average molecular weight is 299 g/mol. The largest absolute Gasteiger partial charge is 0.454 e. The zero-order valence-corrected chi connectivity index (χ0v) is 12.5. The first-order valence-electron chi connectivity index (χ1n) is 7.18. The fourth-order valence-corrected chi connectivity index (χ4v) is 2.23. The summed E-state index contributed by atoms with van der Waals surface area (Å²) < 4.78 is 16.3. The lowest BCUT2D eigenvalue weighted by molar-refractivity contribution is 0.174. The highest BCUT2D eigenvalue weighted by atomic mass is 16.7. The summed E-state index contributed by atoms with van der Waals surface area (Å²) >= 11 is 0. The molecule has 0 amide bonds. The zero-order chi connectivity index (χ0) is 15.5. The molecule has 6 heteroatoms. The van der Waals surface area contributed by atoms with Crippen LogP contribution in [0.3, 0.4) is 0 Å². The number of rotatable bonds is 5. The Morgan fingerprint density at radius 3 is 2.91 bits per heavy atom. The summed E-state index contributed by atoms with van der Waals surface area (Å²) in [6, 6.07) is 7.78. The lowest BCUT2D eigenvalue weighted by atomic mass is 10.1. The maximum absolute atomic E-state index is 9.14. The second-order valence-electron chi connectivity index (χ2n) is 5.54. The third kappa shape index (κ3) is 2.98. The fourth-order valence-electron chi connectivity index (χ4n) is 2.23. The van der Waals surface area contributed by atoms with Crippen LogP contribution in [0, 0.1) is 17.2 Å². The summed E-state index contributed by atoms with van der Waals surface area (Å²) in [6.45, 7) is 4.93. The Labute approximate surface area is 128 Å². The summed E-state index contributed by atoms with van der Waals surface area (Å²) in [5.41, 5.74) is 1.30. The van der Waals surface area contributed by atoms with Gasteiger partial charge in [-0.1, -0.05) is 19.9 Å². The third-order valence-electron chi connectivity index (χ3n) is 3.25. The van der Waals surface area contributed by atoms with Crippen molar-refractivity contribution < 1.29 is 13.9 Å². The van der Waals surface area contributed by atoms with E-state index in [1.165, 1.54) is 0 Å². The minimum absolute atomic E-state index is 0.255. The SMILES string of the molecule is CC(C)Cc1nc(C#N)c(NCc2ccc3c(c2)OCO3)o1. The monoisotopic (exact) mass is 299 g/mol. The van der Waals surface area contributed by atoms with Crippen LogP contribution in [0.4, 0.5) is 5.88 Å². The maximum atomic E-state index is 9.14. The second-order valence-corrected chi connectivity index (χ2v) is 5.54. The van der Waals surface area contributed by atoms with Crippen LogP contribution in [0.5, 0.6) is 11.5 Å². The van der Waals surface area contributed by atoms with E-state index in [-0.39, 0.29) is 12.5 Å². The van der Waals surface area contributed by atoms with Gasteiger partial charge < -0.3 is 19.2 Å². The molecular formula is C16H17N3O3. The Balaban J connectivity index is 1.71. The number of fused-ring (bicyclic) bond motifs is 1. The normalized spacial score (nSPS) is 12.5. The Kier molecular flexibility index (Phi) is 3.88. The van der Waals surface area contributed by atoms with Crippen molar-refractivity contribution in [3.05, 3.63) is 35.3 Å². The van der Waals surface area contributed by atoms with Crippen LogP contribution in [0.25, 0.3) is 0 Å². The number of hydrogen-bond acceptors (Lipinski definition) is 6. The van der Waals surface area contributed by atoms with Crippen molar-refractivity contribution in [2.75, 3.05) is 12.1 Å². The first kappa shape index (κ1) is 14.3. The van der Waals surface area contributed by atoms with Gasteiger partial charge in [-0.25, -0.2) is 4.98 Å². The highest BCUT2D eigenvalue weighted by molar-refractivity contribution is 5.48. The molecule has 0 aliphatic carbocycles. The Morgan fingerprint density at radius 2 is 2.14 bits per heavy atom. The summed E-state index contributed by atoms with van der Waals surface area (Å²) in [6.07, 6.45) is 0.709. The molecule has 1 aliphatic rings. The number of benzene rings is 1. The van der Waals surface area contributed by atoms with Crippen molar-refractivity contribution in [1.82, 2.24) is 4.98 Å². The van der Waals surface area contributed by atoms with Gasteiger partial charge in [0.1, 0.15) is 6.07 Å². The molecule has 22 heavy (non-hydrogen) atoms. The second kappa shape index (κ2) is 5.98. The number of nitriles is 1. The van der Waals surface area contributed by atoms with Gasteiger partial charge in [-0.05, 0) is 23.6 Å². The van der Waals surface area contributed by atoms with Crippen molar-refractivity contribution in [3.8, 4) is 17.6 Å². The smallest absolute Gasteiger partial charge is 0.232 e. The van der Waals surface area contributed by atoms with Crippen molar-refractivity contribution in [1.29, 1.82) is 5.26 Å². The third-order valence-corrected chi connectivity index (χ3v) is 3.25. The van der Waals surface area contributed by atoms with E-state index in [2.05, 4.69) is 30.2 Å². The van der Waals surface area contributed by atoms with Crippen LogP contribution in [0.1, 0.15) is 31.0 Å². The van der Waals surface area contributed by atoms with Gasteiger partial charge in [0.05, 0.1) is 0 Å². The number of nitrogens with one attached hydrogen (secondary N) is 1. The number of anilines is 1. The molecule has 1 aromatic heterocycles. The van der Waals surface area contributed by atoms with Gasteiger partial charge in [-0.3, -0.25) is 0 Å². The minimum atomic E-state index is 0.255. The van der Waals surface area contributed by atoms with Gasteiger partial charge >= 0.3 is 0 Å². The van der Waals surface area contributed by atoms with E-state index in [0.29, 0.717) is 30.7 Å². The van der Waals surface area contributed by atoms with E-state index >= 15 is 0 Å². The molecule has 0 fully saturated rings. The van der Waals surface area contributed by atoms with Crippen molar-refractivity contribution in [3.63, 3.8) is 0 Å². The minimum Gasteiger partial charge on any atom is -0.454 e. The quantitative estimate of drug-likeness (QED) is 0.913. The van der Waals surface area contributed by atoms with Crippen LogP contribution >= 0.6 is 0 Å². The van der Waals surface area contributed by atoms with Crippen molar-refractivity contribution in [2.45, 2.75) is 26.8 Å². The lowest BCUT2D eigenvalue weighted by Gasteiger charge is -2.04. The van der Waals surface area contributed by atoms with E-state index in [1.54, 1.807) is 0 Å². The molecule has 114 valence electrons. The number of nitrogens with zero attached hydrogens (tertiary/aromatic N) is 2. The molecule has 0 saturated carbocycles. The number of aromatic nitrogens is 1. The van der Waals surface area contributed by atoms with E-state index in [1.807, 2.05) is 18.2 Å². The van der Waals surface area contributed by atoms with Crippen LogP contribution < -0.4 is 14.8 Å². The molecule has 6 nitrogen and oxygen atoms in total. The molecule has 2 heterocycles. The Morgan fingerprint density at radius 1 is 1.32 bits per heavy atom. The van der Waals surface area contributed by atoms with Crippen LogP contribution in [0.15, 0.2) is 22.6 Å². The predicted molar refractivity (Wildman–Crippen MR) is 79.7 cm³/mol. The number of hydrogen-bond donors (Lipinski definition) is 1. The fraction of sp³-hybridized carbons (Fsp3) is 0.375. The summed E-state index contributed by atoms with van der Waals surface area (Å²) in [5, 5.41) is 12.3.